The summed E-state index contributed by atoms with van der Waals surface area (Å²) in [6.07, 6.45) is -0.535. The lowest BCUT2D eigenvalue weighted by Gasteiger charge is -2.26. The van der Waals surface area contributed by atoms with Crippen molar-refractivity contribution < 1.29 is 47.0 Å². The normalized spacial score (nSPS) is 27.3. The number of benzene rings is 1. The van der Waals surface area contributed by atoms with E-state index in [9.17, 15) is 28.7 Å². The third-order valence-corrected chi connectivity index (χ3v) is 11.2. The van der Waals surface area contributed by atoms with Crippen LogP contribution in [0, 0.1) is 18.8 Å². The van der Waals surface area contributed by atoms with E-state index >= 15 is 0 Å². The van der Waals surface area contributed by atoms with E-state index in [1.165, 1.54) is 13.0 Å². The Morgan fingerprint density at radius 2 is 1.70 bits per heavy atom. The number of H-pyrrole nitrogens is 1. The molecule has 0 radical (unpaired) electrons. The monoisotopic (exact) mass is 770 g/mol. The number of carbonyl (C=O) groups is 1. The van der Waals surface area contributed by atoms with E-state index < -0.39 is 71.2 Å². The molecule has 10 atom stereocenters. The van der Waals surface area contributed by atoms with Crippen molar-refractivity contribution in [3.8, 4) is 0 Å². The molecular formula is C33H38N7O11P2+. The number of fused-ring (bicyclic) bond motifs is 2. The average molecular weight is 771 g/mol. The molecule has 1 amide bonds. The van der Waals surface area contributed by atoms with Crippen LogP contribution >= 0.6 is 15.9 Å². The van der Waals surface area contributed by atoms with Crippen LogP contribution in [0.4, 0.5) is 5.82 Å². The molecule has 0 spiro atoms. The highest BCUT2D eigenvalue weighted by atomic mass is 31.2. The maximum atomic E-state index is 13.9. The number of rotatable bonds is 12. The fourth-order valence-electron chi connectivity index (χ4n) is 6.89. The van der Waals surface area contributed by atoms with Crippen LogP contribution in [-0.4, -0.2) is 89.3 Å². The Kier molecular flexibility index (Phi) is 10.4. The zero-order valence-electron chi connectivity index (χ0n) is 29.0. The number of anilines is 1. The van der Waals surface area contributed by atoms with E-state index in [0.717, 1.165) is 0 Å². The van der Waals surface area contributed by atoms with Gasteiger partial charge in [0.1, 0.15) is 47.7 Å². The molecule has 0 saturated carbocycles. The van der Waals surface area contributed by atoms with Gasteiger partial charge in [0.25, 0.3) is 11.5 Å². The van der Waals surface area contributed by atoms with Crippen LogP contribution in [0.2, 0.25) is 0 Å². The van der Waals surface area contributed by atoms with E-state index in [4.69, 9.17) is 23.0 Å². The fraction of sp³-hybridized carbons (Fsp3) is 0.424. The molecule has 1 aromatic carbocycles. The molecule has 280 valence electrons. The van der Waals surface area contributed by atoms with Gasteiger partial charge in [-0.25, -0.2) is 15.0 Å². The molecule has 7 rings (SSSR count). The van der Waals surface area contributed by atoms with E-state index in [1.807, 2.05) is 13.0 Å². The number of nitrogens with one attached hydrogen (secondary N) is 2. The molecule has 4 N–H and O–H groups in total. The SMILES string of the molecule is Cc1nc2c(ccn2[C@@H]2O[C@H](COP(C)(=O)O[C@@H]3C(C)[C@H](n4ccc5c(NC(=O)c6ccccc6)ncnc54)O[C@@H]3CO)[C@H](C)C2O[P+](=O)O)c(=O)[nH]1. The molecule has 2 aliphatic heterocycles. The summed E-state index contributed by atoms with van der Waals surface area (Å²) in [7, 11) is -6.89. The van der Waals surface area contributed by atoms with E-state index in [0.29, 0.717) is 39.3 Å². The Morgan fingerprint density at radius 3 is 2.42 bits per heavy atom. The maximum absolute atomic E-state index is 13.9. The quantitative estimate of drug-likeness (QED) is 0.131. The molecule has 2 aliphatic rings. The van der Waals surface area contributed by atoms with Crippen molar-refractivity contribution in [2.45, 2.75) is 57.6 Å². The minimum Gasteiger partial charge on any atom is -0.394 e. The van der Waals surface area contributed by atoms with Gasteiger partial charge in [-0.3, -0.25) is 14.2 Å². The van der Waals surface area contributed by atoms with Gasteiger partial charge in [0.15, 0.2) is 12.3 Å². The number of aliphatic hydroxyl groups excluding tert-OH is 1. The minimum absolute atomic E-state index is 0.244. The predicted molar refractivity (Wildman–Crippen MR) is 189 cm³/mol. The van der Waals surface area contributed by atoms with Crippen molar-refractivity contribution in [1.82, 2.24) is 29.1 Å². The molecule has 4 aromatic heterocycles. The number of amides is 1. The summed E-state index contributed by atoms with van der Waals surface area (Å²) in [5.41, 5.74) is 0.872. The molecule has 2 fully saturated rings. The molecule has 0 bridgehead atoms. The largest absolute Gasteiger partial charge is 0.695 e. The molecule has 0 aliphatic carbocycles. The zero-order valence-corrected chi connectivity index (χ0v) is 30.8. The topological polar surface area (TPSA) is 231 Å². The predicted octanol–water partition coefficient (Wildman–Crippen LogP) is 4.05. The number of ether oxygens (including phenoxy) is 2. The molecule has 5 aromatic rings. The third-order valence-electron chi connectivity index (χ3n) is 9.55. The Bertz CT molecular complexity index is 2260. The van der Waals surface area contributed by atoms with Gasteiger partial charge < -0.3 is 43.1 Å². The number of aromatic amines is 1. The first-order chi connectivity index (χ1) is 25.3. The second kappa shape index (κ2) is 14.9. The first kappa shape index (κ1) is 37.1. The van der Waals surface area contributed by atoms with Gasteiger partial charge in [-0.15, -0.1) is 9.42 Å². The van der Waals surface area contributed by atoms with Crippen molar-refractivity contribution in [2.75, 3.05) is 25.2 Å². The smallest absolute Gasteiger partial charge is 0.394 e. The number of carbonyl (C=O) groups excluding carboxylic acids is 1. The van der Waals surface area contributed by atoms with Crippen LogP contribution < -0.4 is 10.9 Å². The number of aromatic nitrogens is 6. The molecule has 4 unspecified atom stereocenters. The minimum atomic E-state index is -3.86. The Labute approximate surface area is 302 Å². The molecule has 20 heteroatoms. The van der Waals surface area contributed by atoms with Crippen molar-refractivity contribution in [2.24, 2.45) is 11.8 Å². The number of nitrogens with zero attached hydrogens (tertiary/aromatic N) is 5. The van der Waals surface area contributed by atoms with Gasteiger partial charge in [0, 0.05) is 41.0 Å². The van der Waals surface area contributed by atoms with Gasteiger partial charge in [-0.05, 0) is 31.2 Å². The first-order valence-electron chi connectivity index (χ1n) is 16.8. The summed E-state index contributed by atoms with van der Waals surface area (Å²) < 4.78 is 58.7. The summed E-state index contributed by atoms with van der Waals surface area (Å²) in [4.78, 5) is 50.8. The summed E-state index contributed by atoms with van der Waals surface area (Å²) in [6, 6.07) is 12.0. The van der Waals surface area contributed by atoms with Gasteiger partial charge in [0.2, 0.25) is 0 Å². The highest BCUT2D eigenvalue weighted by Gasteiger charge is 2.50. The molecule has 2 saturated heterocycles. The van der Waals surface area contributed by atoms with Crippen LogP contribution in [-0.2, 0) is 32.2 Å². The van der Waals surface area contributed by atoms with E-state index in [1.54, 1.807) is 71.8 Å². The Balaban J connectivity index is 1.05. The van der Waals surface area contributed by atoms with Gasteiger partial charge in [-0.1, -0.05) is 32.0 Å². The Hall–Kier alpha value is -4.22. The van der Waals surface area contributed by atoms with Crippen LogP contribution in [0.25, 0.3) is 22.1 Å². The maximum Gasteiger partial charge on any atom is 0.695 e. The zero-order chi connectivity index (χ0) is 37.6. The lowest BCUT2D eigenvalue weighted by molar-refractivity contribution is -0.0496. The second-order valence-corrected chi connectivity index (χ2v) is 15.8. The van der Waals surface area contributed by atoms with Gasteiger partial charge >= 0.3 is 15.9 Å². The highest BCUT2D eigenvalue weighted by molar-refractivity contribution is 7.53. The van der Waals surface area contributed by atoms with Crippen LogP contribution in [0.5, 0.6) is 0 Å². The first-order valence-corrected chi connectivity index (χ1v) is 19.9. The Morgan fingerprint density at radius 1 is 1.00 bits per heavy atom. The van der Waals surface area contributed by atoms with E-state index in [2.05, 4.69) is 25.3 Å². The number of hydrogen-bond acceptors (Lipinski definition) is 13. The molecular weight excluding hydrogens is 732 g/mol. The van der Waals surface area contributed by atoms with Crippen LogP contribution in [0.3, 0.4) is 0 Å². The van der Waals surface area contributed by atoms with Crippen molar-refractivity contribution in [3.63, 3.8) is 0 Å². The third kappa shape index (κ3) is 7.34. The van der Waals surface area contributed by atoms with E-state index in [-0.39, 0.29) is 18.1 Å². The number of aryl methyl sites for hydroxylation is 1. The van der Waals surface area contributed by atoms with Crippen LogP contribution in [0.1, 0.15) is 42.5 Å². The standard InChI is InChI=1S/C33H37N7O11P2/c1-17-24(49-33(26(17)50-52(44)45)40-13-11-22-29(40)36-19(3)37-31(22)43)15-47-53(4,46)51-25-18(2)32(48-23(25)14-41)39-12-10-21-27(34-16-35-28(21)39)38-30(42)20-8-6-5-7-9-20/h5-13,16-18,23-26,32-33,41H,14-15H2,1-4H3,(H2-,34,35,36,37,38,42,43,44,45)/p+1/t17-,18?,23+,24+,25+,26?,32+,33+,53?/m0/s1. The molecule has 53 heavy (non-hydrogen) atoms. The van der Waals surface area contributed by atoms with Crippen molar-refractivity contribution in [3.05, 3.63) is 82.9 Å². The van der Waals surface area contributed by atoms with Crippen molar-refractivity contribution >= 4 is 49.6 Å². The second-order valence-electron chi connectivity index (χ2n) is 13.1. The number of hydrogen-bond donors (Lipinski definition) is 4. The molecule has 18 nitrogen and oxygen atoms in total. The van der Waals surface area contributed by atoms with Crippen molar-refractivity contribution in [1.29, 1.82) is 0 Å². The average Bonchev–Trinajstić information content (AvgIpc) is 3.89. The summed E-state index contributed by atoms with van der Waals surface area (Å²) in [6.45, 7) is 5.80. The molecule has 6 heterocycles. The van der Waals surface area contributed by atoms with Gasteiger partial charge in [0.05, 0.1) is 30.1 Å². The summed E-state index contributed by atoms with van der Waals surface area (Å²) in [5, 5.41) is 14.0. The lowest BCUT2D eigenvalue weighted by atomic mass is 10.0. The summed E-state index contributed by atoms with van der Waals surface area (Å²) >= 11 is 0. The highest BCUT2D eigenvalue weighted by Crippen LogP contribution is 2.52. The summed E-state index contributed by atoms with van der Waals surface area (Å²) in [5.74, 6) is -0.672. The lowest BCUT2D eigenvalue weighted by Crippen LogP contribution is -2.31. The fourth-order valence-corrected chi connectivity index (χ4v) is 8.65. The van der Waals surface area contributed by atoms with Crippen LogP contribution in [0.15, 0.2) is 66.0 Å². The number of aliphatic hydroxyl groups is 1. The van der Waals surface area contributed by atoms with Gasteiger partial charge in [-0.2, -0.15) is 0 Å².